The number of carbonyl (C=O) groups is 1. The van der Waals surface area contributed by atoms with Crippen molar-refractivity contribution in [2.24, 2.45) is 0 Å². The van der Waals surface area contributed by atoms with Crippen LogP contribution in [0.4, 0.5) is 5.69 Å². The zero-order valence-corrected chi connectivity index (χ0v) is 16.4. The number of methoxy groups -OCH3 is 1. The van der Waals surface area contributed by atoms with E-state index in [0.29, 0.717) is 17.0 Å². The van der Waals surface area contributed by atoms with E-state index in [0.717, 1.165) is 31.8 Å². The first kappa shape index (κ1) is 23.9. The molecular weight excluding hydrogens is 367 g/mol. The quantitative estimate of drug-likeness (QED) is 0.296. The van der Waals surface area contributed by atoms with Crippen LogP contribution in [0.15, 0.2) is 18.2 Å². The molecule has 0 radical (unpaired) electrons. The fourth-order valence-corrected chi connectivity index (χ4v) is 2.73. The van der Waals surface area contributed by atoms with E-state index in [1.165, 1.54) is 11.8 Å². The van der Waals surface area contributed by atoms with Crippen molar-refractivity contribution in [2.75, 3.05) is 38.2 Å². The Morgan fingerprint density at radius 3 is 2.32 bits per heavy atom. The number of phosphoric acid groups is 1. The van der Waals surface area contributed by atoms with Crippen molar-refractivity contribution in [1.29, 1.82) is 0 Å². The van der Waals surface area contributed by atoms with Crippen LogP contribution in [-0.2, 0) is 4.57 Å². The van der Waals surface area contributed by atoms with Crippen LogP contribution in [0.2, 0.25) is 0 Å². The fraction of sp³-hybridized carbons (Fsp3) is 0.533. The molecule has 144 valence electrons. The maximum atomic E-state index is 12.1. The van der Waals surface area contributed by atoms with Crippen molar-refractivity contribution in [2.45, 2.75) is 20.3 Å². The van der Waals surface area contributed by atoms with Gasteiger partial charge in [0.1, 0.15) is 5.75 Å². The molecule has 0 aliphatic heterocycles. The number of thioether (sulfide) groups is 1. The maximum absolute atomic E-state index is 12.1. The standard InChI is InChI=1S/C15H24N2O2S.H3O4P/c1-4-17(5-2)9-6-10-20-15(18)13-8-7-12(16)11-14(13)19-3;1-5(2,3)4/h7-8,11H,4-6,9-10,16H2,1-3H3;(H3,1,2,3,4). The predicted molar refractivity (Wildman–Crippen MR) is 101 cm³/mol. The van der Waals surface area contributed by atoms with Gasteiger partial charge in [0.05, 0.1) is 12.7 Å². The highest BCUT2D eigenvalue weighted by atomic mass is 32.2. The second-order valence-corrected chi connectivity index (χ2v) is 7.08. The van der Waals surface area contributed by atoms with Crippen LogP contribution >= 0.6 is 19.6 Å². The summed E-state index contributed by atoms with van der Waals surface area (Å²) in [5.74, 6) is 1.37. The summed E-state index contributed by atoms with van der Waals surface area (Å²) in [5, 5.41) is 0.0430. The summed E-state index contributed by atoms with van der Waals surface area (Å²) in [7, 11) is -3.09. The van der Waals surface area contributed by atoms with Crippen molar-refractivity contribution >= 4 is 30.4 Å². The molecule has 0 spiro atoms. The monoisotopic (exact) mass is 394 g/mol. The third-order valence-electron chi connectivity index (χ3n) is 3.19. The minimum Gasteiger partial charge on any atom is -0.496 e. The molecule has 25 heavy (non-hydrogen) atoms. The molecule has 0 saturated heterocycles. The molecule has 0 aromatic heterocycles. The lowest BCUT2D eigenvalue weighted by molar-refractivity contribution is 0.108. The molecule has 1 aromatic carbocycles. The summed E-state index contributed by atoms with van der Waals surface area (Å²) in [6, 6.07) is 5.14. The Kier molecular flexibility index (Phi) is 11.8. The van der Waals surface area contributed by atoms with Crippen LogP contribution < -0.4 is 10.5 Å². The molecular formula is C15H27N2O6PS. The summed E-state index contributed by atoms with van der Waals surface area (Å²) in [6.07, 6.45) is 1.01. The number of nitrogens with zero attached hydrogens (tertiary/aromatic N) is 1. The summed E-state index contributed by atoms with van der Waals surface area (Å²) >= 11 is 1.34. The molecule has 0 amide bonds. The molecule has 0 aliphatic rings. The van der Waals surface area contributed by atoms with Crippen LogP contribution in [0, 0.1) is 0 Å². The number of anilines is 1. The van der Waals surface area contributed by atoms with Gasteiger partial charge in [-0.2, -0.15) is 0 Å². The first-order valence-corrected chi connectivity index (χ1v) is 10.3. The van der Waals surface area contributed by atoms with Gasteiger partial charge in [0.2, 0.25) is 5.12 Å². The zero-order valence-electron chi connectivity index (χ0n) is 14.7. The SMILES string of the molecule is CCN(CC)CCCSC(=O)c1ccc(N)cc1OC.O=P(O)(O)O. The van der Waals surface area contributed by atoms with Crippen LogP contribution in [0.5, 0.6) is 5.75 Å². The number of benzene rings is 1. The van der Waals surface area contributed by atoms with Crippen LogP contribution in [0.1, 0.15) is 30.6 Å². The molecule has 10 heteroatoms. The van der Waals surface area contributed by atoms with E-state index in [2.05, 4.69) is 18.7 Å². The van der Waals surface area contributed by atoms with Crippen LogP contribution in [0.3, 0.4) is 0 Å². The molecule has 0 saturated carbocycles. The molecule has 8 nitrogen and oxygen atoms in total. The van der Waals surface area contributed by atoms with Gasteiger partial charge in [-0.15, -0.1) is 0 Å². The zero-order chi connectivity index (χ0) is 19.5. The Hall–Kier alpha value is -1.09. The van der Waals surface area contributed by atoms with Gasteiger partial charge in [-0.25, -0.2) is 4.57 Å². The van der Waals surface area contributed by atoms with Gasteiger partial charge >= 0.3 is 7.82 Å². The van der Waals surface area contributed by atoms with Crippen molar-refractivity contribution in [3.8, 4) is 5.75 Å². The van der Waals surface area contributed by atoms with E-state index in [9.17, 15) is 4.79 Å². The predicted octanol–water partition coefficient (Wildman–Crippen LogP) is 1.95. The number of hydrogen-bond acceptors (Lipinski definition) is 6. The molecule has 0 aliphatic carbocycles. The van der Waals surface area contributed by atoms with Gasteiger partial charge in [0.15, 0.2) is 0 Å². The van der Waals surface area contributed by atoms with E-state index in [4.69, 9.17) is 29.7 Å². The molecule has 1 rings (SSSR count). The van der Waals surface area contributed by atoms with Gasteiger partial charge in [0.25, 0.3) is 0 Å². The average Bonchev–Trinajstić information content (AvgIpc) is 2.53. The average molecular weight is 394 g/mol. The number of carbonyl (C=O) groups excluding carboxylic acids is 1. The first-order chi connectivity index (χ1) is 11.6. The van der Waals surface area contributed by atoms with Crippen LogP contribution in [0.25, 0.3) is 0 Å². The number of nitrogen functional groups attached to an aromatic ring is 1. The van der Waals surface area contributed by atoms with E-state index in [1.807, 2.05) is 0 Å². The molecule has 5 N–H and O–H groups in total. The normalized spacial score (nSPS) is 11.0. The Labute approximate surface area is 152 Å². The minimum atomic E-state index is -4.64. The van der Waals surface area contributed by atoms with E-state index in [1.54, 1.807) is 25.3 Å². The fourth-order valence-electron chi connectivity index (χ4n) is 1.95. The van der Waals surface area contributed by atoms with Crippen molar-refractivity contribution in [1.82, 2.24) is 4.90 Å². The van der Waals surface area contributed by atoms with Gasteiger partial charge < -0.3 is 30.1 Å². The summed E-state index contributed by atoms with van der Waals surface area (Å²) in [4.78, 5) is 36.1. The maximum Gasteiger partial charge on any atom is 0.466 e. The smallest absolute Gasteiger partial charge is 0.466 e. The number of ether oxygens (including phenoxy) is 1. The highest BCUT2D eigenvalue weighted by Gasteiger charge is 2.13. The summed E-state index contributed by atoms with van der Waals surface area (Å²) < 4.78 is 14.1. The number of rotatable bonds is 8. The van der Waals surface area contributed by atoms with E-state index < -0.39 is 7.82 Å². The van der Waals surface area contributed by atoms with Gasteiger partial charge in [-0.1, -0.05) is 25.6 Å². The van der Waals surface area contributed by atoms with Crippen molar-refractivity contribution < 1.29 is 28.8 Å². The van der Waals surface area contributed by atoms with Crippen LogP contribution in [-0.4, -0.2) is 57.2 Å². The Balaban J connectivity index is 0.00000101. The molecule has 0 bridgehead atoms. The molecule has 0 unspecified atom stereocenters. The largest absolute Gasteiger partial charge is 0.496 e. The van der Waals surface area contributed by atoms with Gasteiger partial charge in [0, 0.05) is 17.5 Å². The third-order valence-corrected chi connectivity index (χ3v) is 4.17. The van der Waals surface area contributed by atoms with Crippen molar-refractivity contribution in [3.05, 3.63) is 23.8 Å². The lowest BCUT2D eigenvalue weighted by atomic mass is 10.2. The third kappa shape index (κ3) is 12.0. The highest BCUT2D eigenvalue weighted by molar-refractivity contribution is 8.14. The Bertz CT molecular complexity index is 569. The highest BCUT2D eigenvalue weighted by Crippen LogP contribution is 2.26. The van der Waals surface area contributed by atoms with Gasteiger partial charge in [-0.3, -0.25) is 4.79 Å². The van der Waals surface area contributed by atoms with E-state index in [-0.39, 0.29) is 5.12 Å². The van der Waals surface area contributed by atoms with Gasteiger partial charge in [-0.05, 0) is 38.2 Å². The molecule has 0 atom stereocenters. The van der Waals surface area contributed by atoms with E-state index >= 15 is 0 Å². The molecule has 0 heterocycles. The number of hydrogen-bond donors (Lipinski definition) is 4. The summed E-state index contributed by atoms with van der Waals surface area (Å²) in [6.45, 7) is 7.45. The first-order valence-electron chi connectivity index (χ1n) is 7.73. The molecule has 0 fully saturated rings. The second-order valence-electron chi connectivity index (χ2n) is 4.99. The Morgan fingerprint density at radius 2 is 1.84 bits per heavy atom. The second kappa shape index (κ2) is 12.3. The molecule has 1 aromatic rings. The topological polar surface area (TPSA) is 133 Å². The number of nitrogens with two attached hydrogens (primary N) is 1. The minimum absolute atomic E-state index is 0.0430. The Morgan fingerprint density at radius 1 is 1.28 bits per heavy atom. The lowest BCUT2D eigenvalue weighted by Crippen LogP contribution is -2.24. The summed E-state index contributed by atoms with van der Waals surface area (Å²) in [5.41, 5.74) is 6.88. The lowest BCUT2D eigenvalue weighted by Gasteiger charge is -2.17. The van der Waals surface area contributed by atoms with Crippen molar-refractivity contribution in [3.63, 3.8) is 0 Å².